The lowest BCUT2D eigenvalue weighted by Crippen LogP contribution is -1.86. The van der Waals surface area contributed by atoms with Crippen LogP contribution in [0.3, 0.4) is 0 Å². The van der Waals surface area contributed by atoms with Crippen molar-refractivity contribution in [3.63, 3.8) is 0 Å². The second-order valence-corrected chi connectivity index (χ2v) is 5.33. The fraction of sp³-hybridized carbons (Fsp3) is 1.00. The molecule has 0 aromatic heterocycles. The van der Waals surface area contributed by atoms with E-state index in [1.165, 1.54) is 83.5 Å². The van der Waals surface area contributed by atoms with E-state index in [1.807, 2.05) is 0 Å². The van der Waals surface area contributed by atoms with Gasteiger partial charge in [0.2, 0.25) is 0 Å². The summed E-state index contributed by atoms with van der Waals surface area (Å²) in [6.45, 7) is 3.09. The molecule has 0 saturated carbocycles. The molecule has 0 aliphatic rings. The van der Waals surface area contributed by atoms with Crippen molar-refractivity contribution in [1.29, 1.82) is 0 Å². The minimum atomic E-state index is 0.806. The normalized spacial score (nSPS) is 10.9. The van der Waals surface area contributed by atoms with Gasteiger partial charge in [0.25, 0.3) is 0 Å². The minimum absolute atomic E-state index is 0.806. The molecule has 0 spiro atoms. The van der Waals surface area contributed by atoms with Crippen molar-refractivity contribution in [1.82, 2.24) is 0 Å². The first kappa shape index (κ1) is 17.3. The fourth-order valence-electron chi connectivity index (χ4n) is 2.18. The Morgan fingerprint density at radius 1 is 0.588 bits per heavy atom. The number of hydrogen-bond acceptors (Lipinski definition) is 2. The Balaban J connectivity index is 2.85. The summed E-state index contributed by atoms with van der Waals surface area (Å²) in [7, 11) is 0. The van der Waals surface area contributed by atoms with Gasteiger partial charge in [-0.25, -0.2) is 0 Å². The molecule has 1 nitrogen and oxygen atoms in total. The lowest BCUT2D eigenvalue weighted by Gasteiger charge is -2.02. The largest absolute Gasteiger partial charge is 0.319 e. The van der Waals surface area contributed by atoms with Crippen LogP contribution < -0.4 is 0 Å². The molecule has 0 aliphatic heterocycles. The zero-order chi connectivity index (χ0) is 12.6. The maximum atomic E-state index is 4.74. The summed E-state index contributed by atoms with van der Waals surface area (Å²) in [4.78, 5) is 0. The summed E-state index contributed by atoms with van der Waals surface area (Å²) in [5.74, 6) is 0. The molecule has 0 rings (SSSR count). The van der Waals surface area contributed by atoms with Crippen molar-refractivity contribution >= 4 is 12.9 Å². The zero-order valence-corrected chi connectivity index (χ0v) is 12.6. The number of rotatable bonds is 14. The van der Waals surface area contributed by atoms with Crippen LogP contribution >= 0.6 is 12.9 Å². The molecule has 0 aromatic rings. The SMILES string of the molecule is CCCCCCCCCCCCCCCOS. The second-order valence-electron chi connectivity index (χ2n) is 5.08. The highest BCUT2D eigenvalue weighted by atomic mass is 32.1. The average molecular weight is 260 g/mol. The lowest BCUT2D eigenvalue weighted by atomic mass is 10.0. The molecule has 0 amide bonds. The molecule has 0 unspecified atom stereocenters. The average Bonchev–Trinajstić information content (AvgIpc) is 2.35. The molecule has 104 valence electrons. The first-order chi connectivity index (χ1) is 8.41. The maximum Gasteiger partial charge on any atom is 0.0610 e. The quantitative estimate of drug-likeness (QED) is 0.231. The smallest absolute Gasteiger partial charge is 0.0610 e. The molecule has 0 atom stereocenters. The Bertz CT molecular complexity index is 114. The zero-order valence-electron chi connectivity index (χ0n) is 11.8. The van der Waals surface area contributed by atoms with Crippen molar-refractivity contribution in [3.8, 4) is 0 Å². The molecule has 0 fully saturated rings. The molecule has 0 N–H and O–H groups in total. The first-order valence-corrected chi connectivity index (χ1v) is 8.04. The molecule has 0 bridgehead atoms. The second kappa shape index (κ2) is 16.3. The lowest BCUT2D eigenvalue weighted by molar-refractivity contribution is 0.361. The van der Waals surface area contributed by atoms with E-state index in [0.717, 1.165) is 6.61 Å². The van der Waals surface area contributed by atoms with Crippen molar-refractivity contribution in [3.05, 3.63) is 0 Å². The van der Waals surface area contributed by atoms with E-state index in [4.69, 9.17) is 4.18 Å². The summed E-state index contributed by atoms with van der Waals surface area (Å²) >= 11 is 3.73. The van der Waals surface area contributed by atoms with Gasteiger partial charge < -0.3 is 4.18 Å². The Hall–Kier alpha value is 0.310. The van der Waals surface area contributed by atoms with Crippen molar-refractivity contribution in [2.45, 2.75) is 90.4 Å². The number of thiol groups is 1. The van der Waals surface area contributed by atoms with Gasteiger partial charge in [-0.2, -0.15) is 0 Å². The number of unbranched alkanes of at least 4 members (excludes halogenated alkanes) is 12. The maximum absolute atomic E-state index is 4.74. The fourth-order valence-corrected chi connectivity index (χ4v) is 2.31. The van der Waals surface area contributed by atoms with Crippen LogP contribution in [-0.4, -0.2) is 6.61 Å². The van der Waals surface area contributed by atoms with E-state index in [0.29, 0.717) is 0 Å². The molecule has 0 radical (unpaired) electrons. The van der Waals surface area contributed by atoms with E-state index in [-0.39, 0.29) is 0 Å². The topological polar surface area (TPSA) is 9.23 Å². The third-order valence-electron chi connectivity index (χ3n) is 3.34. The van der Waals surface area contributed by atoms with Gasteiger partial charge in [0.05, 0.1) is 6.61 Å². The van der Waals surface area contributed by atoms with Crippen LogP contribution in [-0.2, 0) is 4.18 Å². The molecule has 0 heterocycles. The van der Waals surface area contributed by atoms with Crippen molar-refractivity contribution < 1.29 is 4.18 Å². The van der Waals surface area contributed by atoms with Gasteiger partial charge in [0.15, 0.2) is 0 Å². The van der Waals surface area contributed by atoms with E-state index in [2.05, 4.69) is 19.8 Å². The van der Waals surface area contributed by atoms with Crippen LogP contribution in [0.25, 0.3) is 0 Å². The third-order valence-corrected chi connectivity index (χ3v) is 3.52. The predicted octanol–water partition coefficient (Wildman–Crippen LogP) is 5.94. The van der Waals surface area contributed by atoms with Gasteiger partial charge in [-0.1, -0.05) is 84.0 Å². The first-order valence-electron chi connectivity index (χ1n) is 7.68. The Kier molecular flexibility index (Phi) is 16.6. The summed E-state index contributed by atoms with van der Waals surface area (Å²) in [6.07, 6.45) is 18.2. The van der Waals surface area contributed by atoms with Crippen LogP contribution in [0, 0.1) is 0 Å². The van der Waals surface area contributed by atoms with Crippen LogP contribution in [0.4, 0.5) is 0 Å². The summed E-state index contributed by atoms with van der Waals surface area (Å²) in [5.41, 5.74) is 0. The van der Waals surface area contributed by atoms with Crippen LogP contribution in [0.2, 0.25) is 0 Å². The standard InChI is InChI=1S/C15H32OS/c1-2-3-4-5-6-7-8-9-10-11-12-13-14-15-16-17/h17H,2-15H2,1H3. The van der Waals surface area contributed by atoms with Crippen molar-refractivity contribution in [2.75, 3.05) is 6.61 Å². The Morgan fingerprint density at radius 2 is 0.941 bits per heavy atom. The molecule has 0 aliphatic carbocycles. The van der Waals surface area contributed by atoms with Crippen LogP contribution in [0.5, 0.6) is 0 Å². The predicted molar refractivity (Wildman–Crippen MR) is 80.6 cm³/mol. The van der Waals surface area contributed by atoms with Gasteiger partial charge in [0, 0.05) is 0 Å². The molecule has 2 heteroatoms. The van der Waals surface area contributed by atoms with E-state index < -0.39 is 0 Å². The van der Waals surface area contributed by atoms with Crippen molar-refractivity contribution in [2.24, 2.45) is 0 Å². The highest BCUT2D eigenvalue weighted by Crippen LogP contribution is 2.12. The minimum Gasteiger partial charge on any atom is -0.319 e. The molecule has 0 saturated heterocycles. The highest BCUT2D eigenvalue weighted by molar-refractivity contribution is 7.75. The summed E-state index contributed by atoms with van der Waals surface area (Å²) < 4.78 is 4.74. The van der Waals surface area contributed by atoms with Crippen LogP contribution in [0.15, 0.2) is 0 Å². The molecular formula is C15H32OS. The Morgan fingerprint density at radius 3 is 1.29 bits per heavy atom. The molecule has 17 heavy (non-hydrogen) atoms. The monoisotopic (exact) mass is 260 g/mol. The van der Waals surface area contributed by atoms with Crippen LogP contribution in [0.1, 0.15) is 90.4 Å². The van der Waals surface area contributed by atoms with Gasteiger partial charge >= 0.3 is 0 Å². The summed E-state index contributed by atoms with van der Waals surface area (Å²) in [5, 5.41) is 0. The van der Waals surface area contributed by atoms with E-state index in [1.54, 1.807) is 0 Å². The van der Waals surface area contributed by atoms with Gasteiger partial charge in [-0.3, -0.25) is 0 Å². The molecule has 0 aromatic carbocycles. The van der Waals surface area contributed by atoms with Gasteiger partial charge in [-0.15, -0.1) is 0 Å². The van der Waals surface area contributed by atoms with E-state index >= 15 is 0 Å². The van der Waals surface area contributed by atoms with Gasteiger partial charge in [-0.05, 0) is 19.3 Å². The Labute approximate surface area is 114 Å². The number of hydrogen-bond donors (Lipinski definition) is 1. The van der Waals surface area contributed by atoms with E-state index in [9.17, 15) is 0 Å². The third kappa shape index (κ3) is 16.3. The summed E-state index contributed by atoms with van der Waals surface area (Å²) in [6, 6.07) is 0. The molecular weight excluding hydrogens is 228 g/mol. The van der Waals surface area contributed by atoms with Gasteiger partial charge in [0.1, 0.15) is 0 Å². The highest BCUT2D eigenvalue weighted by Gasteiger charge is 1.93.